The molecule has 0 aliphatic heterocycles. The third-order valence-corrected chi connectivity index (χ3v) is 5.03. The highest BCUT2D eigenvalue weighted by molar-refractivity contribution is 9.11. The van der Waals surface area contributed by atoms with Crippen LogP contribution in [0.4, 0.5) is 0 Å². The number of methoxy groups -OCH3 is 1. The Morgan fingerprint density at radius 2 is 1.71 bits per heavy atom. The van der Waals surface area contributed by atoms with E-state index in [4.69, 9.17) is 4.74 Å². The van der Waals surface area contributed by atoms with Crippen molar-refractivity contribution in [3.8, 4) is 5.75 Å². The second-order valence-corrected chi connectivity index (χ2v) is 7.35. The van der Waals surface area contributed by atoms with Gasteiger partial charge in [-0.25, -0.2) is 0 Å². The molecule has 0 aliphatic carbocycles. The van der Waals surface area contributed by atoms with Crippen LogP contribution in [0.1, 0.15) is 17.2 Å². The van der Waals surface area contributed by atoms with Gasteiger partial charge in [0.25, 0.3) is 0 Å². The Morgan fingerprint density at radius 1 is 1.05 bits per heavy atom. The molecule has 1 N–H and O–H groups in total. The number of benzene rings is 2. The Hall–Kier alpha value is -0.360. The maximum atomic E-state index is 5.46. The predicted octanol–water partition coefficient (Wildman–Crippen LogP) is 5.49. The molecular weight excluding hydrogens is 462 g/mol. The van der Waals surface area contributed by atoms with E-state index < -0.39 is 0 Å². The molecule has 2 aromatic rings. The normalized spacial score (nSPS) is 12.2. The summed E-state index contributed by atoms with van der Waals surface area (Å²) in [7, 11) is 3.68. The number of hydrogen-bond acceptors (Lipinski definition) is 2. The molecule has 0 bridgehead atoms. The number of hydrogen-bond donors (Lipinski definition) is 1. The fourth-order valence-corrected chi connectivity index (χ4v) is 4.01. The van der Waals surface area contributed by atoms with Crippen molar-refractivity contribution < 1.29 is 4.74 Å². The van der Waals surface area contributed by atoms with Gasteiger partial charge in [0.1, 0.15) is 5.75 Å². The highest BCUT2D eigenvalue weighted by Gasteiger charge is 2.16. The average molecular weight is 478 g/mol. The van der Waals surface area contributed by atoms with Crippen LogP contribution in [0.2, 0.25) is 0 Å². The van der Waals surface area contributed by atoms with E-state index in [-0.39, 0.29) is 6.04 Å². The van der Waals surface area contributed by atoms with Gasteiger partial charge in [-0.3, -0.25) is 0 Å². The van der Waals surface area contributed by atoms with Gasteiger partial charge in [0, 0.05) is 19.5 Å². The minimum Gasteiger partial charge on any atom is -0.496 e. The topological polar surface area (TPSA) is 21.3 Å². The van der Waals surface area contributed by atoms with Crippen LogP contribution < -0.4 is 10.1 Å². The number of ether oxygens (including phenoxy) is 1. The Bertz CT molecular complexity index is 631. The van der Waals surface area contributed by atoms with Gasteiger partial charge < -0.3 is 10.1 Å². The average Bonchev–Trinajstić information content (AvgIpc) is 2.45. The highest BCUT2D eigenvalue weighted by atomic mass is 79.9. The lowest BCUT2D eigenvalue weighted by Gasteiger charge is -2.20. The standard InChI is InChI=1S/C16H16Br3NO/c1-20-15(13-5-3-12(18)9-14(13)19)8-10-7-11(17)4-6-16(10)21-2/h3-7,9,15,20H,8H2,1-2H3. The SMILES string of the molecule is CNC(Cc1cc(Br)ccc1OC)c1ccc(Br)cc1Br. The van der Waals surface area contributed by atoms with Crippen LogP contribution in [0.15, 0.2) is 49.8 Å². The predicted molar refractivity (Wildman–Crippen MR) is 98.0 cm³/mol. The van der Waals surface area contributed by atoms with E-state index in [2.05, 4.69) is 77.4 Å². The van der Waals surface area contributed by atoms with Gasteiger partial charge in [0.05, 0.1) is 7.11 Å². The van der Waals surface area contributed by atoms with Crippen molar-refractivity contribution in [2.24, 2.45) is 0 Å². The van der Waals surface area contributed by atoms with Crippen molar-refractivity contribution in [2.75, 3.05) is 14.2 Å². The summed E-state index contributed by atoms with van der Waals surface area (Å²) in [6.45, 7) is 0. The quantitative estimate of drug-likeness (QED) is 0.615. The monoisotopic (exact) mass is 475 g/mol. The zero-order valence-electron chi connectivity index (χ0n) is 11.8. The molecule has 0 fully saturated rings. The Labute approximate surface area is 150 Å². The summed E-state index contributed by atoms with van der Waals surface area (Å²) in [6, 6.07) is 12.5. The van der Waals surface area contributed by atoms with E-state index in [9.17, 15) is 0 Å². The maximum Gasteiger partial charge on any atom is 0.122 e. The van der Waals surface area contributed by atoms with Crippen molar-refractivity contribution in [3.63, 3.8) is 0 Å². The summed E-state index contributed by atoms with van der Waals surface area (Å²) in [5.74, 6) is 0.909. The molecule has 0 aliphatic rings. The summed E-state index contributed by atoms with van der Waals surface area (Å²) in [4.78, 5) is 0. The van der Waals surface area contributed by atoms with Crippen molar-refractivity contribution >= 4 is 47.8 Å². The second-order valence-electron chi connectivity index (χ2n) is 4.67. The Morgan fingerprint density at radius 3 is 2.33 bits per heavy atom. The lowest BCUT2D eigenvalue weighted by atomic mass is 9.98. The van der Waals surface area contributed by atoms with Gasteiger partial charge in [0.15, 0.2) is 0 Å². The summed E-state index contributed by atoms with van der Waals surface area (Å²) in [6.07, 6.45) is 0.847. The molecule has 2 nitrogen and oxygen atoms in total. The van der Waals surface area contributed by atoms with Crippen LogP contribution in [0.25, 0.3) is 0 Å². The van der Waals surface area contributed by atoms with Crippen LogP contribution in [-0.4, -0.2) is 14.2 Å². The van der Waals surface area contributed by atoms with Crippen LogP contribution in [0.3, 0.4) is 0 Å². The summed E-state index contributed by atoms with van der Waals surface area (Å²) >= 11 is 10.7. The third kappa shape index (κ3) is 4.31. The van der Waals surface area contributed by atoms with Crippen molar-refractivity contribution in [1.82, 2.24) is 5.32 Å². The summed E-state index contributed by atoms with van der Waals surface area (Å²) in [5.41, 5.74) is 2.39. The zero-order valence-corrected chi connectivity index (χ0v) is 16.5. The molecule has 2 aromatic carbocycles. The lowest BCUT2D eigenvalue weighted by molar-refractivity contribution is 0.406. The summed E-state index contributed by atoms with van der Waals surface area (Å²) < 4.78 is 8.67. The molecule has 2 rings (SSSR count). The van der Waals surface area contributed by atoms with Gasteiger partial charge in [-0.1, -0.05) is 53.9 Å². The molecule has 0 radical (unpaired) electrons. The highest BCUT2D eigenvalue weighted by Crippen LogP contribution is 2.32. The minimum absolute atomic E-state index is 0.204. The zero-order chi connectivity index (χ0) is 15.4. The molecule has 0 heterocycles. The van der Waals surface area contributed by atoms with Crippen molar-refractivity contribution in [3.05, 3.63) is 60.9 Å². The Balaban J connectivity index is 2.33. The Kier molecular flexibility index (Phi) is 6.29. The number of rotatable bonds is 5. The van der Waals surface area contributed by atoms with E-state index in [0.29, 0.717) is 0 Å². The molecule has 1 unspecified atom stereocenters. The number of halogens is 3. The lowest BCUT2D eigenvalue weighted by Crippen LogP contribution is -2.19. The van der Waals surface area contributed by atoms with E-state index in [1.54, 1.807) is 7.11 Å². The van der Waals surface area contributed by atoms with Gasteiger partial charge in [-0.2, -0.15) is 0 Å². The molecule has 21 heavy (non-hydrogen) atoms. The molecule has 0 saturated carbocycles. The summed E-state index contributed by atoms with van der Waals surface area (Å²) in [5, 5.41) is 3.38. The first-order valence-electron chi connectivity index (χ1n) is 6.49. The first-order valence-corrected chi connectivity index (χ1v) is 8.87. The van der Waals surface area contributed by atoms with Gasteiger partial charge in [-0.15, -0.1) is 0 Å². The van der Waals surface area contributed by atoms with E-state index in [1.807, 2.05) is 19.2 Å². The van der Waals surface area contributed by atoms with Crippen LogP contribution >= 0.6 is 47.8 Å². The molecule has 0 saturated heterocycles. The van der Waals surface area contributed by atoms with E-state index in [1.165, 1.54) is 11.1 Å². The van der Waals surface area contributed by atoms with Crippen LogP contribution in [0.5, 0.6) is 5.75 Å². The van der Waals surface area contributed by atoms with Crippen LogP contribution in [0, 0.1) is 0 Å². The minimum atomic E-state index is 0.204. The molecule has 0 aromatic heterocycles. The van der Waals surface area contributed by atoms with E-state index >= 15 is 0 Å². The molecule has 0 amide bonds. The number of nitrogens with one attached hydrogen (secondary N) is 1. The fourth-order valence-electron chi connectivity index (χ4n) is 2.28. The molecule has 112 valence electrons. The molecular formula is C16H16Br3NO. The largest absolute Gasteiger partial charge is 0.496 e. The second kappa shape index (κ2) is 7.77. The fraction of sp³-hybridized carbons (Fsp3) is 0.250. The third-order valence-electron chi connectivity index (χ3n) is 3.35. The van der Waals surface area contributed by atoms with E-state index in [0.717, 1.165) is 25.6 Å². The van der Waals surface area contributed by atoms with Gasteiger partial charge in [0.2, 0.25) is 0 Å². The molecule has 1 atom stereocenters. The first kappa shape index (κ1) is 17.0. The van der Waals surface area contributed by atoms with Gasteiger partial charge >= 0.3 is 0 Å². The smallest absolute Gasteiger partial charge is 0.122 e. The molecule has 5 heteroatoms. The molecule has 0 spiro atoms. The maximum absolute atomic E-state index is 5.46. The first-order chi connectivity index (χ1) is 10.0. The van der Waals surface area contributed by atoms with Crippen LogP contribution in [-0.2, 0) is 6.42 Å². The number of likely N-dealkylation sites (N-methyl/N-ethyl adjacent to an activating group) is 1. The van der Waals surface area contributed by atoms with Crippen molar-refractivity contribution in [2.45, 2.75) is 12.5 Å². The van der Waals surface area contributed by atoms with Gasteiger partial charge in [-0.05, 0) is 54.9 Å². The van der Waals surface area contributed by atoms with Crippen molar-refractivity contribution in [1.29, 1.82) is 0 Å².